The molecule has 2 rings (SSSR count). The van der Waals surface area contributed by atoms with Crippen LogP contribution in [0.5, 0.6) is 0 Å². The monoisotopic (exact) mass is 556 g/mol. The van der Waals surface area contributed by atoms with Gasteiger partial charge < -0.3 is 15.5 Å². The second-order valence-electron chi connectivity index (χ2n) is 8.35. The molecule has 1 fully saturated rings. The maximum absolute atomic E-state index is 11.4. The maximum atomic E-state index is 11.4. The predicted molar refractivity (Wildman–Crippen MR) is 135 cm³/mol. The Morgan fingerprint density at radius 2 is 2.03 bits per heavy atom. The van der Waals surface area contributed by atoms with Crippen molar-refractivity contribution in [3.8, 4) is 0 Å². The Morgan fingerprint density at radius 1 is 1.34 bits per heavy atom. The summed E-state index contributed by atoms with van der Waals surface area (Å²) in [4.78, 5) is 6.65. The fourth-order valence-electron chi connectivity index (χ4n) is 3.28. The number of piperidine rings is 1. The molecule has 2 N–H and O–H groups in total. The first-order chi connectivity index (χ1) is 13.1. The van der Waals surface area contributed by atoms with E-state index < -0.39 is 9.84 Å². The molecule has 1 aromatic carbocycles. The fourth-order valence-corrected chi connectivity index (χ4v) is 4.46. The highest BCUT2D eigenvalue weighted by atomic mass is 127. The van der Waals surface area contributed by atoms with Gasteiger partial charge in [0.25, 0.3) is 0 Å². The predicted octanol–water partition coefficient (Wildman–Crippen LogP) is 3.55. The van der Waals surface area contributed by atoms with Crippen LogP contribution >= 0.6 is 35.6 Å². The van der Waals surface area contributed by atoms with Crippen molar-refractivity contribution in [2.75, 3.05) is 43.6 Å². The van der Waals surface area contributed by atoms with Crippen LogP contribution in [-0.4, -0.2) is 59.1 Å². The van der Waals surface area contributed by atoms with Crippen molar-refractivity contribution in [2.24, 2.45) is 10.4 Å². The Labute approximate surface area is 197 Å². The van der Waals surface area contributed by atoms with Crippen LogP contribution in [0.25, 0.3) is 0 Å². The number of para-hydroxylation sites is 1. The highest BCUT2D eigenvalue weighted by Crippen LogP contribution is 2.27. The number of hydrogen-bond donors (Lipinski definition) is 2. The molecule has 1 aliphatic rings. The summed E-state index contributed by atoms with van der Waals surface area (Å²) < 4.78 is 22.9. The molecule has 1 unspecified atom stereocenters. The van der Waals surface area contributed by atoms with Crippen LogP contribution in [0.4, 0.5) is 5.69 Å². The number of anilines is 1. The Hall–Kier alpha value is -0.740. The molecule has 1 heterocycles. The smallest absolute Gasteiger partial charge is 0.191 e. The van der Waals surface area contributed by atoms with Gasteiger partial charge in [-0.25, -0.2) is 8.42 Å². The number of nitrogens with zero attached hydrogens (tertiary/aromatic N) is 2. The molecule has 0 aliphatic carbocycles. The van der Waals surface area contributed by atoms with Gasteiger partial charge >= 0.3 is 0 Å². The zero-order valence-corrected chi connectivity index (χ0v) is 21.6. The van der Waals surface area contributed by atoms with Crippen LogP contribution < -0.4 is 15.5 Å². The van der Waals surface area contributed by atoms with E-state index >= 15 is 0 Å². The van der Waals surface area contributed by atoms with Crippen molar-refractivity contribution in [3.05, 3.63) is 29.3 Å². The molecule has 29 heavy (non-hydrogen) atoms. The first kappa shape index (κ1) is 26.3. The summed E-state index contributed by atoms with van der Waals surface area (Å²) in [5, 5.41) is 7.64. The largest absolute Gasteiger partial charge is 0.368 e. The maximum Gasteiger partial charge on any atom is 0.191 e. The third kappa shape index (κ3) is 9.29. The van der Waals surface area contributed by atoms with Crippen molar-refractivity contribution in [3.63, 3.8) is 0 Å². The summed E-state index contributed by atoms with van der Waals surface area (Å²) >= 11 is 6.36. The minimum absolute atomic E-state index is 0. The average Bonchev–Trinajstić information content (AvgIpc) is 2.64. The lowest BCUT2D eigenvalue weighted by atomic mass is 9.90. The molecule has 1 aromatic rings. The minimum atomic E-state index is -2.95. The van der Waals surface area contributed by atoms with E-state index in [0.29, 0.717) is 13.0 Å². The van der Waals surface area contributed by atoms with Gasteiger partial charge in [-0.05, 0) is 36.8 Å². The molecule has 0 saturated carbocycles. The number of rotatable bonds is 7. The van der Waals surface area contributed by atoms with Crippen LogP contribution in [0.3, 0.4) is 0 Å². The number of halogens is 2. The fraction of sp³-hybridized carbons (Fsp3) is 0.650. The van der Waals surface area contributed by atoms with E-state index in [9.17, 15) is 8.42 Å². The number of aliphatic imine (C=N–C) groups is 1. The average molecular weight is 557 g/mol. The Balaban J connectivity index is 0.00000420. The van der Waals surface area contributed by atoms with Gasteiger partial charge in [0.05, 0.1) is 16.5 Å². The first-order valence-corrected chi connectivity index (χ1v) is 12.2. The van der Waals surface area contributed by atoms with Gasteiger partial charge in [-0.2, -0.15) is 0 Å². The summed E-state index contributed by atoms with van der Waals surface area (Å²) in [5.74, 6) is 0.946. The second-order valence-corrected chi connectivity index (χ2v) is 11.0. The topological polar surface area (TPSA) is 73.8 Å². The third-order valence-corrected chi connectivity index (χ3v) is 6.33. The molecule has 1 aliphatic heterocycles. The zero-order chi connectivity index (χ0) is 20.8. The first-order valence-electron chi connectivity index (χ1n) is 9.74. The number of benzene rings is 1. The molecular weight excluding hydrogens is 523 g/mol. The molecule has 6 nitrogen and oxygen atoms in total. The Bertz CT molecular complexity index is 786. The van der Waals surface area contributed by atoms with Crippen LogP contribution in [0.2, 0.25) is 5.02 Å². The molecule has 1 atom stereocenters. The molecule has 0 spiro atoms. The van der Waals surface area contributed by atoms with Gasteiger partial charge in [-0.3, -0.25) is 4.99 Å². The molecule has 166 valence electrons. The zero-order valence-electron chi connectivity index (χ0n) is 17.7. The van der Waals surface area contributed by atoms with Crippen LogP contribution in [0.15, 0.2) is 29.3 Å². The summed E-state index contributed by atoms with van der Waals surface area (Å²) in [6.45, 7) is 6.65. The summed E-state index contributed by atoms with van der Waals surface area (Å²) in [6.07, 6.45) is 4.04. The highest BCUT2D eigenvalue weighted by molar-refractivity contribution is 14.0. The number of sulfone groups is 1. The van der Waals surface area contributed by atoms with Crippen molar-refractivity contribution in [2.45, 2.75) is 39.2 Å². The summed E-state index contributed by atoms with van der Waals surface area (Å²) in [7, 11) is -1.19. The van der Waals surface area contributed by atoms with Crippen molar-refractivity contribution >= 4 is 57.1 Å². The van der Waals surface area contributed by atoms with Crippen molar-refractivity contribution < 1.29 is 8.42 Å². The van der Waals surface area contributed by atoms with Crippen molar-refractivity contribution in [1.29, 1.82) is 0 Å². The molecule has 0 bridgehead atoms. The van der Waals surface area contributed by atoms with Crippen LogP contribution in [-0.2, 0) is 9.84 Å². The van der Waals surface area contributed by atoms with E-state index in [1.165, 1.54) is 6.26 Å². The van der Waals surface area contributed by atoms with Gasteiger partial charge in [-0.15, -0.1) is 24.0 Å². The Morgan fingerprint density at radius 3 is 2.66 bits per heavy atom. The van der Waals surface area contributed by atoms with Gasteiger partial charge in [0.15, 0.2) is 5.96 Å². The third-order valence-electron chi connectivity index (χ3n) is 5.06. The summed E-state index contributed by atoms with van der Waals surface area (Å²) in [5.41, 5.74) is 0.928. The van der Waals surface area contributed by atoms with Gasteiger partial charge in [0.1, 0.15) is 9.84 Å². The normalized spacial score (nSPS) is 18.2. The summed E-state index contributed by atoms with van der Waals surface area (Å²) in [6, 6.07) is 8.21. The molecule has 0 aromatic heterocycles. The van der Waals surface area contributed by atoms with Gasteiger partial charge in [0.2, 0.25) is 0 Å². The van der Waals surface area contributed by atoms with E-state index in [1.807, 2.05) is 18.2 Å². The Kier molecular flexibility index (Phi) is 10.5. The van der Waals surface area contributed by atoms with E-state index in [-0.39, 0.29) is 41.2 Å². The molecule has 0 amide bonds. The SMILES string of the molecule is CN=C(NCC(C)(C)CCS(C)(=O)=O)NC1CCCN(c2ccccc2Cl)C1.I. The van der Waals surface area contributed by atoms with Gasteiger partial charge in [0, 0.05) is 39.0 Å². The van der Waals surface area contributed by atoms with E-state index in [0.717, 1.165) is 42.6 Å². The lowest BCUT2D eigenvalue weighted by Gasteiger charge is -2.36. The van der Waals surface area contributed by atoms with Gasteiger partial charge in [-0.1, -0.05) is 37.6 Å². The van der Waals surface area contributed by atoms with E-state index in [1.54, 1.807) is 7.05 Å². The van der Waals surface area contributed by atoms with Crippen LogP contribution in [0.1, 0.15) is 33.1 Å². The second kappa shape index (κ2) is 11.6. The standard InChI is InChI=1S/C20H33ClN4O2S.HI/c1-20(2,11-13-28(4,26)27)15-23-19(22-3)24-16-8-7-12-25(14-16)18-10-6-5-9-17(18)21;/h5-6,9-10,16H,7-8,11-15H2,1-4H3,(H2,22,23,24);1H. The van der Waals surface area contributed by atoms with E-state index in [4.69, 9.17) is 11.6 Å². The van der Waals surface area contributed by atoms with Crippen LogP contribution in [0, 0.1) is 5.41 Å². The number of nitrogens with one attached hydrogen (secondary N) is 2. The molecular formula is C20H34ClIN4O2S. The molecule has 1 saturated heterocycles. The lowest BCUT2D eigenvalue weighted by Crippen LogP contribution is -2.52. The molecule has 9 heteroatoms. The van der Waals surface area contributed by atoms with E-state index in [2.05, 4.69) is 40.4 Å². The van der Waals surface area contributed by atoms with Crippen molar-refractivity contribution in [1.82, 2.24) is 10.6 Å². The number of hydrogen-bond acceptors (Lipinski definition) is 4. The minimum Gasteiger partial charge on any atom is -0.368 e. The number of guanidine groups is 1. The lowest BCUT2D eigenvalue weighted by molar-refractivity contribution is 0.347. The quantitative estimate of drug-likeness (QED) is 0.305. The molecule has 0 radical (unpaired) electrons. The highest BCUT2D eigenvalue weighted by Gasteiger charge is 2.24.